The monoisotopic (exact) mass is 521 g/mol. The third-order valence-electron chi connectivity index (χ3n) is 6.48. The number of hydrogen-bond acceptors (Lipinski definition) is 7. The first-order valence-corrected chi connectivity index (χ1v) is 11.8. The number of aliphatic hydroxyl groups excluding tert-OH is 1. The van der Waals surface area contributed by atoms with Crippen LogP contribution in [0.15, 0.2) is 66.2 Å². The van der Waals surface area contributed by atoms with Crippen molar-refractivity contribution in [2.45, 2.75) is 12.5 Å². The van der Waals surface area contributed by atoms with E-state index in [0.29, 0.717) is 35.0 Å². The number of aliphatic hydroxyl groups is 1. The standard InChI is InChI=1S/C29H28FNO7/c1-35-20-10-11-21(23(16-20)37-3)26-25(27(32)18-6-8-19(30)9-7-18)28(33)29(34)31(26)14-13-17-5-12-22(36-2)24(15-17)38-4/h5-12,15-16,26,32H,13-14H2,1-4H3/t26-/m1/s1. The predicted octanol–water partition coefficient (Wildman–Crippen LogP) is 4.52. The lowest BCUT2D eigenvalue weighted by atomic mass is 9.94. The predicted molar refractivity (Wildman–Crippen MR) is 138 cm³/mol. The summed E-state index contributed by atoms with van der Waals surface area (Å²) in [6.07, 6.45) is 0.388. The van der Waals surface area contributed by atoms with E-state index in [0.717, 1.165) is 5.56 Å². The average molecular weight is 522 g/mol. The topological polar surface area (TPSA) is 94.5 Å². The van der Waals surface area contributed by atoms with E-state index in [1.165, 1.54) is 50.5 Å². The molecule has 1 amide bonds. The highest BCUT2D eigenvalue weighted by Crippen LogP contribution is 2.43. The van der Waals surface area contributed by atoms with Gasteiger partial charge in [0.1, 0.15) is 23.1 Å². The Morgan fingerprint density at radius 3 is 2.16 bits per heavy atom. The molecule has 1 aliphatic heterocycles. The Balaban J connectivity index is 1.80. The number of nitrogens with zero attached hydrogens (tertiary/aromatic N) is 1. The summed E-state index contributed by atoms with van der Waals surface area (Å²) in [6.45, 7) is 0.153. The van der Waals surface area contributed by atoms with Gasteiger partial charge in [-0.25, -0.2) is 4.39 Å². The van der Waals surface area contributed by atoms with Crippen LogP contribution in [0.3, 0.4) is 0 Å². The number of halogens is 1. The fourth-order valence-corrected chi connectivity index (χ4v) is 4.53. The largest absolute Gasteiger partial charge is 0.507 e. The van der Waals surface area contributed by atoms with E-state index in [-0.39, 0.29) is 17.7 Å². The molecule has 0 radical (unpaired) electrons. The Hall–Kier alpha value is -4.53. The number of Topliss-reactive ketones (excluding diaryl/α,β-unsaturated/α-hetero) is 1. The van der Waals surface area contributed by atoms with Gasteiger partial charge < -0.3 is 29.0 Å². The highest BCUT2D eigenvalue weighted by Gasteiger charge is 2.47. The number of likely N-dealkylation sites (tertiary alicyclic amines) is 1. The Morgan fingerprint density at radius 1 is 0.842 bits per heavy atom. The van der Waals surface area contributed by atoms with Crippen molar-refractivity contribution in [1.29, 1.82) is 0 Å². The highest BCUT2D eigenvalue weighted by atomic mass is 19.1. The van der Waals surface area contributed by atoms with Crippen molar-refractivity contribution >= 4 is 17.4 Å². The van der Waals surface area contributed by atoms with E-state index in [1.54, 1.807) is 37.4 Å². The minimum absolute atomic E-state index is 0.114. The van der Waals surface area contributed by atoms with E-state index in [2.05, 4.69) is 0 Å². The second-order valence-electron chi connectivity index (χ2n) is 8.55. The Kier molecular flexibility index (Phi) is 7.85. The lowest BCUT2D eigenvalue weighted by molar-refractivity contribution is -0.139. The number of carbonyl (C=O) groups excluding carboxylic acids is 2. The molecule has 1 N–H and O–H groups in total. The number of ketones is 1. The van der Waals surface area contributed by atoms with Crippen molar-refractivity contribution in [2.75, 3.05) is 35.0 Å². The zero-order valence-electron chi connectivity index (χ0n) is 21.5. The smallest absolute Gasteiger partial charge is 0.295 e. The molecule has 1 saturated heterocycles. The van der Waals surface area contributed by atoms with Crippen molar-refractivity contribution < 1.29 is 38.0 Å². The maximum atomic E-state index is 13.5. The van der Waals surface area contributed by atoms with Gasteiger partial charge in [-0.2, -0.15) is 0 Å². The summed E-state index contributed by atoms with van der Waals surface area (Å²) in [7, 11) is 6.05. The van der Waals surface area contributed by atoms with Gasteiger partial charge in [0.2, 0.25) is 0 Å². The quantitative estimate of drug-likeness (QED) is 0.251. The van der Waals surface area contributed by atoms with E-state index >= 15 is 0 Å². The molecule has 4 rings (SSSR count). The molecule has 1 fully saturated rings. The van der Waals surface area contributed by atoms with Crippen molar-refractivity contribution in [3.8, 4) is 23.0 Å². The van der Waals surface area contributed by atoms with Gasteiger partial charge in [0.25, 0.3) is 11.7 Å². The molecule has 3 aromatic carbocycles. The van der Waals surface area contributed by atoms with Crippen LogP contribution in [0.1, 0.15) is 22.7 Å². The van der Waals surface area contributed by atoms with Crippen LogP contribution in [0.2, 0.25) is 0 Å². The molecule has 1 atom stereocenters. The maximum Gasteiger partial charge on any atom is 0.295 e. The van der Waals surface area contributed by atoms with Crippen LogP contribution in [-0.4, -0.2) is 56.7 Å². The molecule has 198 valence electrons. The Labute approximate surface area is 219 Å². The highest BCUT2D eigenvalue weighted by molar-refractivity contribution is 6.46. The van der Waals surface area contributed by atoms with E-state index < -0.39 is 29.3 Å². The molecule has 1 heterocycles. The minimum atomic E-state index is -0.957. The van der Waals surface area contributed by atoms with Crippen LogP contribution in [-0.2, 0) is 16.0 Å². The minimum Gasteiger partial charge on any atom is -0.507 e. The first-order chi connectivity index (χ1) is 18.3. The summed E-state index contributed by atoms with van der Waals surface area (Å²) in [5, 5.41) is 11.2. The molecule has 38 heavy (non-hydrogen) atoms. The number of hydrogen-bond donors (Lipinski definition) is 1. The van der Waals surface area contributed by atoms with Crippen LogP contribution in [0, 0.1) is 5.82 Å². The molecule has 8 nitrogen and oxygen atoms in total. The van der Waals surface area contributed by atoms with Crippen LogP contribution in [0.4, 0.5) is 4.39 Å². The molecule has 0 unspecified atom stereocenters. The molecule has 0 spiro atoms. The van der Waals surface area contributed by atoms with Crippen LogP contribution in [0.5, 0.6) is 23.0 Å². The van der Waals surface area contributed by atoms with Crippen molar-refractivity contribution in [3.05, 3.63) is 88.7 Å². The summed E-state index contributed by atoms with van der Waals surface area (Å²) < 4.78 is 35.1. The van der Waals surface area contributed by atoms with Gasteiger partial charge in [-0.1, -0.05) is 6.07 Å². The van der Waals surface area contributed by atoms with Crippen molar-refractivity contribution in [3.63, 3.8) is 0 Å². The van der Waals surface area contributed by atoms with Crippen molar-refractivity contribution in [1.82, 2.24) is 4.90 Å². The summed E-state index contributed by atoms with van der Waals surface area (Å²) in [5.74, 6) is -0.511. The first kappa shape index (κ1) is 26.5. The van der Waals surface area contributed by atoms with Gasteiger partial charge in [-0.05, 0) is 60.5 Å². The number of benzene rings is 3. The van der Waals surface area contributed by atoms with Gasteiger partial charge in [0.15, 0.2) is 11.5 Å². The number of rotatable bonds is 9. The van der Waals surface area contributed by atoms with Gasteiger partial charge >= 0.3 is 0 Å². The first-order valence-electron chi connectivity index (χ1n) is 11.8. The fraction of sp³-hybridized carbons (Fsp3) is 0.241. The molecule has 0 bridgehead atoms. The zero-order valence-corrected chi connectivity index (χ0v) is 21.5. The normalized spacial score (nSPS) is 16.4. The number of carbonyl (C=O) groups is 2. The third kappa shape index (κ3) is 5.00. The van der Waals surface area contributed by atoms with Crippen molar-refractivity contribution in [2.24, 2.45) is 0 Å². The van der Waals surface area contributed by atoms with E-state index in [4.69, 9.17) is 18.9 Å². The second-order valence-corrected chi connectivity index (χ2v) is 8.55. The van der Waals surface area contributed by atoms with E-state index in [9.17, 15) is 19.1 Å². The van der Waals surface area contributed by atoms with Gasteiger partial charge in [0.05, 0.1) is 40.1 Å². The molecular formula is C29H28FNO7. The third-order valence-corrected chi connectivity index (χ3v) is 6.48. The van der Waals surface area contributed by atoms with Gasteiger partial charge in [0, 0.05) is 23.7 Å². The SMILES string of the molecule is COc1ccc([C@@H]2C(=C(O)c3ccc(F)cc3)C(=O)C(=O)N2CCc2ccc(OC)c(OC)c2)c(OC)c1. The molecule has 1 aliphatic rings. The van der Waals surface area contributed by atoms with Crippen LogP contribution < -0.4 is 18.9 Å². The van der Waals surface area contributed by atoms with Crippen LogP contribution >= 0.6 is 0 Å². The second kappa shape index (κ2) is 11.2. The molecule has 0 aliphatic carbocycles. The summed E-state index contributed by atoms with van der Waals surface area (Å²) in [5.41, 5.74) is 1.44. The summed E-state index contributed by atoms with van der Waals surface area (Å²) >= 11 is 0. The lowest BCUT2D eigenvalue weighted by Gasteiger charge is -2.27. The summed E-state index contributed by atoms with van der Waals surface area (Å²) in [4.78, 5) is 28.0. The summed E-state index contributed by atoms with van der Waals surface area (Å²) in [6, 6.07) is 14.5. The van der Waals surface area contributed by atoms with Gasteiger partial charge in [-0.15, -0.1) is 0 Å². The van der Waals surface area contributed by atoms with Crippen LogP contribution in [0.25, 0.3) is 5.76 Å². The lowest BCUT2D eigenvalue weighted by Crippen LogP contribution is -2.32. The van der Waals surface area contributed by atoms with Gasteiger partial charge in [-0.3, -0.25) is 9.59 Å². The number of ether oxygens (including phenoxy) is 4. The molecule has 3 aromatic rings. The molecule has 0 aromatic heterocycles. The molecular weight excluding hydrogens is 493 g/mol. The number of methoxy groups -OCH3 is 4. The Bertz CT molecular complexity index is 1380. The maximum absolute atomic E-state index is 13.5. The zero-order chi connectivity index (χ0) is 27.4. The van der Waals surface area contributed by atoms with E-state index in [1.807, 2.05) is 6.07 Å². The molecule has 0 saturated carbocycles. The number of amides is 1. The fourth-order valence-electron chi connectivity index (χ4n) is 4.53. The molecule has 9 heteroatoms. The average Bonchev–Trinajstić information content (AvgIpc) is 3.20. The Morgan fingerprint density at radius 2 is 1.53 bits per heavy atom.